The van der Waals surface area contributed by atoms with Gasteiger partial charge in [0.2, 0.25) is 0 Å². The summed E-state index contributed by atoms with van der Waals surface area (Å²) >= 11 is 5.92. The van der Waals surface area contributed by atoms with Crippen LogP contribution in [0.25, 0.3) is 0 Å². The van der Waals surface area contributed by atoms with Gasteiger partial charge in [0.1, 0.15) is 0 Å². The van der Waals surface area contributed by atoms with Crippen molar-refractivity contribution in [3.63, 3.8) is 0 Å². The zero-order chi connectivity index (χ0) is 12.8. The van der Waals surface area contributed by atoms with E-state index in [1.165, 1.54) is 12.4 Å². The number of nitrogens with zero attached hydrogens (tertiary/aromatic N) is 3. The third-order valence-corrected chi connectivity index (χ3v) is 2.69. The first kappa shape index (κ1) is 13.5. The lowest BCUT2D eigenvalue weighted by molar-refractivity contribution is 0.0753. The lowest BCUT2D eigenvalue weighted by atomic mass is 10.1. The van der Waals surface area contributed by atoms with Crippen LogP contribution >= 0.6 is 11.6 Å². The summed E-state index contributed by atoms with van der Waals surface area (Å²) in [6.07, 6.45) is 2.97. The van der Waals surface area contributed by atoms with Crippen molar-refractivity contribution in [2.75, 3.05) is 13.1 Å². The molecule has 1 unspecified atom stereocenters. The van der Waals surface area contributed by atoms with E-state index in [2.05, 4.69) is 11.1 Å². The second-order valence-corrected chi connectivity index (χ2v) is 4.14. The third-order valence-electron chi connectivity index (χ3n) is 2.39. The molecule has 5 heteroatoms. The molecule has 1 amide bonds. The fourth-order valence-electron chi connectivity index (χ4n) is 1.45. The van der Waals surface area contributed by atoms with Crippen molar-refractivity contribution in [2.45, 2.75) is 13.8 Å². The minimum Gasteiger partial charge on any atom is -0.338 e. The lowest BCUT2D eigenvalue weighted by Crippen LogP contribution is -2.34. The van der Waals surface area contributed by atoms with E-state index < -0.39 is 0 Å². The average molecular weight is 252 g/mol. The van der Waals surface area contributed by atoms with Crippen LogP contribution in [0.4, 0.5) is 0 Å². The summed E-state index contributed by atoms with van der Waals surface area (Å²) in [6, 6.07) is 3.70. The summed E-state index contributed by atoms with van der Waals surface area (Å²) < 4.78 is 0. The highest BCUT2D eigenvalue weighted by Gasteiger charge is 2.18. The van der Waals surface area contributed by atoms with E-state index in [9.17, 15) is 4.79 Å². The number of halogens is 1. The standard InChI is InChI=1S/C12H14ClN3O/c1-3-16(8-9(2)6-14)12(17)10-4-5-15-7-11(10)13/h4-5,7,9H,3,8H2,1-2H3. The topological polar surface area (TPSA) is 57.0 Å². The second kappa shape index (κ2) is 6.21. The molecule has 0 spiro atoms. The van der Waals surface area contributed by atoms with Gasteiger partial charge in [0.25, 0.3) is 5.91 Å². The van der Waals surface area contributed by atoms with Crippen molar-refractivity contribution in [3.8, 4) is 6.07 Å². The van der Waals surface area contributed by atoms with Crippen LogP contribution < -0.4 is 0 Å². The third kappa shape index (κ3) is 3.43. The largest absolute Gasteiger partial charge is 0.338 e. The number of rotatable bonds is 4. The minimum absolute atomic E-state index is 0.165. The normalized spacial score (nSPS) is 11.6. The van der Waals surface area contributed by atoms with Gasteiger partial charge in [-0.2, -0.15) is 5.26 Å². The molecule has 90 valence electrons. The Morgan fingerprint density at radius 2 is 2.41 bits per heavy atom. The Morgan fingerprint density at radius 1 is 1.71 bits per heavy atom. The van der Waals surface area contributed by atoms with Gasteiger partial charge in [-0.25, -0.2) is 0 Å². The van der Waals surface area contributed by atoms with Crippen molar-refractivity contribution in [3.05, 3.63) is 29.0 Å². The van der Waals surface area contributed by atoms with E-state index in [1.54, 1.807) is 17.9 Å². The Balaban J connectivity index is 2.88. The van der Waals surface area contributed by atoms with Crippen LogP contribution in [0.5, 0.6) is 0 Å². The van der Waals surface area contributed by atoms with Crippen molar-refractivity contribution in [1.29, 1.82) is 5.26 Å². The van der Waals surface area contributed by atoms with E-state index >= 15 is 0 Å². The van der Waals surface area contributed by atoms with E-state index in [4.69, 9.17) is 16.9 Å². The van der Waals surface area contributed by atoms with Gasteiger partial charge in [-0.15, -0.1) is 0 Å². The molecule has 0 saturated heterocycles. The van der Waals surface area contributed by atoms with Crippen LogP contribution in [-0.4, -0.2) is 28.9 Å². The van der Waals surface area contributed by atoms with E-state index in [0.717, 1.165) is 0 Å². The maximum atomic E-state index is 12.2. The van der Waals surface area contributed by atoms with Gasteiger partial charge in [-0.05, 0) is 19.9 Å². The summed E-state index contributed by atoms with van der Waals surface area (Å²) in [4.78, 5) is 17.6. The van der Waals surface area contributed by atoms with Gasteiger partial charge in [-0.1, -0.05) is 11.6 Å². The van der Waals surface area contributed by atoms with Crippen LogP contribution in [0, 0.1) is 17.2 Å². The smallest absolute Gasteiger partial charge is 0.255 e. The molecule has 0 bridgehead atoms. The Morgan fingerprint density at radius 3 is 2.94 bits per heavy atom. The fraction of sp³-hybridized carbons (Fsp3) is 0.417. The molecular formula is C12H14ClN3O. The summed E-state index contributed by atoms with van der Waals surface area (Å²) in [5.41, 5.74) is 0.425. The molecule has 1 atom stereocenters. The van der Waals surface area contributed by atoms with Crippen LogP contribution in [0.15, 0.2) is 18.5 Å². The first-order valence-corrected chi connectivity index (χ1v) is 5.76. The van der Waals surface area contributed by atoms with Gasteiger partial charge < -0.3 is 4.90 Å². The van der Waals surface area contributed by atoms with Crippen molar-refractivity contribution in [2.24, 2.45) is 5.92 Å². The Bertz CT molecular complexity index is 442. The molecule has 1 aromatic rings. The maximum Gasteiger partial charge on any atom is 0.255 e. The molecule has 0 aliphatic rings. The molecule has 0 aliphatic carbocycles. The van der Waals surface area contributed by atoms with Crippen molar-refractivity contribution < 1.29 is 4.79 Å². The summed E-state index contributed by atoms with van der Waals surface area (Å²) in [6.45, 7) is 4.61. The van der Waals surface area contributed by atoms with Gasteiger partial charge in [-0.3, -0.25) is 9.78 Å². The summed E-state index contributed by atoms with van der Waals surface area (Å²) in [5, 5.41) is 9.10. The first-order valence-electron chi connectivity index (χ1n) is 5.38. The predicted molar refractivity (Wildman–Crippen MR) is 65.6 cm³/mol. The number of hydrogen-bond acceptors (Lipinski definition) is 3. The summed E-state index contributed by atoms with van der Waals surface area (Å²) in [7, 11) is 0. The van der Waals surface area contributed by atoms with E-state index in [1.807, 2.05) is 6.92 Å². The minimum atomic E-state index is -0.195. The first-order chi connectivity index (χ1) is 8.10. The molecule has 0 fully saturated rings. The highest BCUT2D eigenvalue weighted by atomic mass is 35.5. The molecule has 0 saturated carbocycles. The summed E-state index contributed by atoms with van der Waals surface area (Å²) in [5.74, 6) is -0.360. The van der Waals surface area contributed by atoms with Crippen LogP contribution in [0.1, 0.15) is 24.2 Å². The van der Waals surface area contributed by atoms with Crippen LogP contribution in [0.3, 0.4) is 0 Å². The number of nitriles is 1. The number of aromatic nitrogens is 1. The molecule has 1 heterocycles. The van der Waals surface area contributed by atoms with E-state index in [-0.39, 0.29) is 11.8 Å². The fourth-order valence-corrected chi connectivity index (χ4v) is 1.65. The molecule has 4 nitrogen and oxygen atoms in total. The molecule has 0 aromatic carbocycles. The Labute approximate surface area is 106 Å². The number of pyridine rings is 1. The number of amides is 1. The number of hydrogen-bond donors (Lipinski definition) is 0. The molecule has 1 rings (SSSR count). The molecular weight excluding hydrogens is 238 g/mol. The molecule has 0 radical (unpaired) electrons. The van der Waals surface area contributed by atoms with Gasteiger partial charge in [0.15, 0.2) is 0 Å². The van der Waals surface area contributed by atoms with Crippen molar-refractivity contribution in [1.82, 2.24) is 9.88 Å². The van der Waals surface area contributed by atoms with Crippen LogP contribution in [-0.2, 0) is 0 Å². The number of carbonyl (C=O) groups excluding carboxylic acids is 1. The lowest BCUT2D eigenvalue weighted by Gasteiger charge is -2.22. The van der Waals surface area contributed by atoms with Gasteiger partial charge in [0.05, 0.1) is 22.6 Å². The maximum absolute atomic E-state index is 12.2. The van der Waals surface area contributed by atoms with Crippen molar-refractivity contribution >= 4 is 17.5 Å². The Kier molecular flexibility index (Phi) is 4.92. The second-order valence-electron chi connectivity index (χ2n) is 3.73. The molecule has 17 heavy (non-hydrogen) atoms. The highest BCUT2D eigenvalue weighted by molar-refractivity contribution is 6.33. The number of carbonyl (C=O) groups is 1. The zero-order valence-electron chi connectivity index (χ0n) is 9.85. The predicted octanol–water partition coefficient (Wildman–Crippen LogP) is 2.36. The van der Waals surface area contributed by atoms with Gasteiger partial charge in [0, 0.05) is 25.5 Å². The molecule has 0 aliphatic heterocycles. The van der Waals surface area contributed by atoms with Crippen LogP contribution in [0.2, 0.25) is 5.02 Å². The zero-order valence-corrected chi connectivity index (χ0v) is 10.6. The van der Waals surface area contributed by atoms with E-state index in [0.29, 0.717) is 23.7 Å². The monoisotopic (exact) mass is 251 g/mol. The average Bonchev–Trinajstić information content (AvgIpc) is 2.35. The Hall–Kier alpha value is -1.60. The quantitative estimate of drug-likeness (QED) is 0.825. The SMILES string of the molecule is CCN(CC(C)C#N)C(=O)c1ccncc1Cl. The highest BCUT2D eigenvalue weighted by Crippen LogP contribution is 2.16. The van der Waals surface area contributed by atoms with Gasteiger partial charge >= 0.3 is 0 Å². The molecule has 1 aromatic heterocycles. The molecule has 0 N–H and O–H groups in total.